The number of carbonyl (C=O) groups excluding carboxylic acids is 2. The first-order valence-electron chi connectivity index (χ1n) is 6.95. The van der Waals surface area contributed by atoms with Gasteiger partial charge in [0.15, 0.2) is 0 Å². The van der Waals surface area contributed by atoms with E-state index in [1.165, 1.54) is 6.08 Å². The van der Waals surface area contributed by atoms with Gasteiger partial charge in [-0.2, -0.15) is 0 Å². The van der Waals surface area contributed by atoms with Crippen molar-refractivity contribution < 1.29 is 19.5 Å². The Kier molecular flexibility index (Phi) is 4.30. The largest absolute Gasteiger partial charge is 0.481 e. The average molecular weight is 302 g/mol. The van der Waals surface area contributed by atoms with Gasteiger partial charge in [0.25, 0.3) is 5.91 Å². The maximum Gasteiger partial charge on any atom is 0.303 e. The minimum absolute atomic E-state index is 0.0600. The number of carboxylic acid groups (broad SMARTS) is 1. The zero-order valence-corrected chi connectivity index (χ0v) is 12.5. The van der Waals surface area contributed by atoms with E-state index in [2.05, 4.69) is 17.2 Å². The quantitative estimate of drug-likeness (QED) is 0.715. The number of aliphatic carboxylic acids is 1. The Balaban J connectivity index is 2.26. The van der Waals surface area contributed by atoms with Gasteiger partial charge in [0.2, 0.25) is 5.91 Å². The highest BCUT2D eigenvalue weighted by Gasteiger charge is 2.31. The second-order valence-corrected chi connectivity index (χ2v) is 5.33. The number of allylic oxidation sites excluding steroid dienone is 2. The van der Waals surface area contributed by atoms with Crippen LogP contribution >= 0.6 is 0 Å². The Morgan fingerprint density at radius 1 is 1.32 bits per heavy atom. The monoisotopic (exact) mass is 302 g/mol. The molecule has 0 aliphatic carbocycles. The lowest BCUT2D eigenvalue weighted by Gasteiger charge is -2.06. The SMILES string of the molecule is C=CC1=C(C)/C(=C/C2=C(C)[C@@H](CCC(=O)O)C(=O)N2)NC1=O. The van der Waals surface area contributed by atoms with Gasteiger partial charge >= 0.3 is 5.97 Å². The van der Waals surface area contributed by atoms with Crippen LogP contribution in [0.1, 0.15) is 26.7 Å². The van der Waals surface area contributed by atoms with Gasteiger partial charge in [0, 0.05) is 23.4 Å². The van der Waals surface area contributed by atoms with Gasteiger partial charge in [-0.15, -0.1) is 0 Å². The maximum absolute atomic E-state index is 12.0. The second kappa shape index (κ2) is 6.01. The summed E-state index contributed by atoms with van der Waals surface area (Å²) < 4.78 is 0. The fourth-order valence-corrected chi connectivity index (χ4v) is 2.60. The van der Waals surface area contributed by atoms with Gasteiger partial charge in [-0.1, -0.05) is 12.7 Å². The molecule has 2 aliphatic heterocycles. The minimum atomic E-state index is -0.926. The molecule has 0 bridgehead atoms. The molecule has 3 N–H and O–H groups in total. The predicted molar refractivity (Wildman–Crippen MR) is 80.3 cm³/mol. The molecule has 0 aromatic heterocycles. The molecule has 6 heteroatoms. The van der Waals surface area contributed by atoms with E-state index in [0.717, 1.165) is 11.1 Å². The lowest BCUT2D eigenvalue weighted by molar-refractivity contribution is -0.137. The molecule has 0 unspecified atom stereocenters. The van der Waals surface area contributed by atoms with Crippen LogP contribution in [0.3, 0.4) is 0 Å². The van der Waals surface area contributed by atoms with Crippen molar-refractivity contribution in [2.75, 3.05) is 0 Å². The number of carboxylic acids is 1. The van der Waals surface area contributed by atoms with Crippen LogP contribution < -0.4 is 10.6 Å². The highest BCUT2D eigenvalue weighted by atomic mass is 16.4. The number of amides is 2. The van der Waals surface area contributed by atoms with Crippen molar-refractivity contribution in [1.29, 1.82) is 0 Å². The van der Waals surface area contributed by atoms with Gasteiger partial charge < -0.3 is 15.7 Å². The molecule has 2 amide bonds. The third kappa shape index (κ3) is 2.86. The van der Waals surface area contributed by atoms with E-state index < -0.39 is 11.9 Å². The summed E-state index contributed by atoms with van der Waals surface area (Å²) in [5.74, 6) is -1.79. The number of hydrogen-bond donors (Lipinski definition) is 3. The molecule has 116 valence electrons. The molecule has 0 fully saturated rings. The standard InChI is InChI=1S/C16H18N2O4/c1-4-10-8(2)12(17-15(10)21)7-13-9(3)11(16(22)18-13)5-6-14(19)20/h4,7,11H,1,5-6H2,2-3H3,(H,17,21)(H,18,22)(H,19,20)/b12-7-/t11-/m1/s1. The average Bonchev–Trinajstić information content (AvgIpc) is 2.86. The van der Waals surface area contributed by atoms with Gasteiger partial charge in [0.1, 0.15) is 0 Å². The van der Waals surface area contributed by atoms with Crippen molar-refractivity contribution in [3.8, 4) is 0 Å². The Morgan fingerprint density at radius 3 is 2.55 bits per heavy atom. The van der Waals surface area contributed by atoms with E-state index >= 15 is 0 Å². The third-order valence-corrected chi connectivity index (χ3v) is 3.96. The smallest absolute Gasteiger partial charge is 0.303 e. The van der Waals surface area contributed by atoms with Crippen molar-refractivity contribution in [3.05, 3.63) is 46.8 Å². The number of hydrogen-bond acceptors (Lipinski definition) is 3. The van der Waals surface area contributed by atoms with E-state index in [1.807, 2.05) is 0 Å². The summed E-state index contributed by atoms with van der Waals surface area (Å²) in [5, 5.41) is 14.2. The van der Waals surface area contributed by atoms with Gasteiger partial charge in [-0.05, 0) is 37.5 Å². The molecular formula is C16H18N2O4. The topological polar surface area (TPSA) is 95.5 Å². The Morgan fingerprint density at radius 2 is 2.00 bits per heavy atom. The van der Waals surface area contributed by atoms with Crippen molar-refractivity contribution in [2.24, 2.45) is 5.92 Å². The van der Waals surface area contributed by atoms with E-state index in [4.69, 9.17) is 5.11 Å². The summed E-state index contributed by atoms with van der Waals surface area (Å²) in [4.78, 5) is 34.4. The summed E-state index contributed by atoms with van der Waals surface area (Å²) in [6.45, 7) is 7.20. The molecule has 0 aromatic carbocycles. The zero-order chi connectivity index (χ0) is 16.4. The minimum Gasteiger partial charge on any atom is -0.481 e. The molecular weight excluding hydrogens is 284 g/mol. The predicted octanol–water partition coefficient (Wildman–Crippen LogP) is 1.39. The van der Waals surface area contributed by atoms with Crippen LogP contribution in [-0.2, 0) is 14.4 Å². The van der Waals surface area contributed by atoms with Gasteiger partial charge in [-0.3, -0.25) is 14.4 Å². The van der Waals surface area contributed by atoms with Crippen LogP contribution in [0.25, 0.3) is 0 Å². The van der Waals surface area contributed by atoms with Crippen molar-refractivity contribution in [1.82, 2.24) is 10.6 Å². The highest BCUT2D eigenvalue weighted by molar-refractivity contribution is 6.02. The summed E-state index contributed by atoms with van der Waals surface area (Å²) >= 11 is 0. The summed E-state index contributed by atoms with van der Waals surface area (Å²) in [6, 6.07) is 0. The lowest BCUT2D eigenvalue weighted by Crippen LogP contribution is -2.22. The normalized spacial score (nSPS) is 23.2. The van der Waals surface area contributed by atoms with Crippen LogP contribution in [0, 0.1) is 5.92 Å². The molecule has 0 radical (unpaired) electrons. The molecule has 2 rings (SSSR count). The Bertz CT molecular complexity index is 668. The summed E-state index contributed by atoms with van der Waals surface area (Å²) in [5.41, 5.74) is 3.29. The lowest BCUT2D eigenvalue weighted by atomic mass is 9.96. The summed E-state index contributed by atoms with van der Waals surface area (Å²) in [6.07, 6.45) is 3.40. The van der Waals surface area contributed by atoms with E-state index in [1.54, 1.807) is 19.9 Å². The van der Waals surface area contributed by atoms with Gasteiger partial charge in [0.05, 0.1) is 5.92 Å². The van der Waals surface area contributed by atoms with Crippen LogP contribution in [0.15, 0.2) is 46.8 Å². The fourth-order valence-electron chi connectivity index (χ4n) is 2.60. The van der Waals surface area contributed by atoms with Crippen LogP contribution in [0.2, 0.25) is 0 Å². The van der Waals surface area contributed by atoms with E-state index in [9.17, 15) is 14.4 Å². The molecule has 6 nitrogen and oxygen atoms in total. The molecule has 2 heterocycles. The van der Waals surface area contributed by atoms with E-state index in [0.29, 0.717) is 17.0 Å². The van der Waals surface area contributed by atoms with Crippen molar-refractivity contribution in [2.45, 2.75) is 26.7 Å². The number of rotatable bonds is 5. The molecule has 0 saturated heterocycles. The fraction of sp³-hybridized carbons (Fsp3) is 0.312. The Hall–Kier alpha value is -2.63. The second-order valence-electron chi connectivity index (χ2n) is 5.33. The molecule has 2 aliphatic rings. The molecule has 0 saturated carbocycles. The third-order valence-electron chi connectivity index (χ3n) is 3.96. The van der Waals surface area contributed by atoms with Crippen LogP contribution in [-0.4, -0.2) is 22.9 Å². The maximum atomic E-state index is 12.0. The van der Waals surface area contributed by atoms with E-state index in [-0.39, 0.29) is 24.7 Å². The van der Waals surface area contributed by atoms with Crippen LogP contribution in [0.5, 0.6) is 0 Å². The first-order valence-corrected chi connectivity index (χ1v) is 6.95. The zero-order valence-electron chi connectivity index (χ0n) is 12.5. The number of nitrogens with one attached hydrogen (secondary N) is 2. The van der Waals surface area contributed by atoms with Crippen molar-refractivity contribution in [3.63, 3.8) is 0 Å². The van der Waals surface area contributed by atoms with Crippen LogP contribution in [0.4, 0.5) is 0 Å². The van der Waals surface area contributed by atoms with Crippen molar-refractivity contribution >= 4 is 17.8 Å². The molecule has 22 heavy (non-hydrogen) atoms. The summed E-state index contributed by atoms with van der Waals surface area (Å²) in [7, 11) is 0. The Labute approximate surface area is 128 Å². The molecule has 0 spiro atoms. The molecule has 0 aromatic rings. The van der Waals surface area contributed by atoms with Gasteiger partial charge in [-0.25, -0.2) is 0 Å². The highest BCUT2D eigenvalue weighted by Crippen LogP contribution is 2.29. The number of carbonyl (C=O) groups is 3. The molecule has 1 atom stereocenters. The first-order chi connectivity index (χ1) is 10.3. The first kappa shape index (κ1) is 15.8.